The highest BCUT2D eigenvalue weighted by Gasteiger charge is 2.61. The Labute approximate surface area is 797 Å². The van der Waals surface area contributed by atoms with Crippen molar-refractivity contribution in [1.82, 2.24) is 113 Å². The molecular formula is C67H70F3N29O27P6S6. The van der Waals surface area contributed by atoms with Gasteiger partial charge in [0.1, 0.15) is 90.2 Å². The minimum Gasteiger partial charge on any atom is -0.397 e. The molecule has 0 amide bonds. The molecule has 9 saturated heterocycles. The minimum atomic E-state index is -4.38. The Morgan fingerprint density at radius 2 is 0.732 bits per heavy atom. The molecule has 27 atom stereocenters. The number of terminal acetylenes is 3. The summed E-state index contributed by atoms with van der Waals surface area (Å²) < 4.78 is 173. The van der Waals surface area contributed by atoms with Crippen molar-refractivity contribution in [2.75, 3.05) is 74.0 Å². The van der Waals surface area contributed by atoms with Gasteiger partial charge in [-0.25, -0.2) is 52.6 Å². The second-order valence-electron chi connectivity index (χ2n) is 31.3. The van der Waals surface area contributed by atoms with Crippen LogP contribution in [0.2, 0.25) is 0 Å². The molecular weight excluding hydrogens is 2080 g/mol. The Morgan fingerprint density at radius 1 is 0.420 bits per heavy atom. The number of nitrogens with two attached hydrogens (primary N) is 6. The van der Waals surface area contributed by atoms with Crippen molar-refractivity contribution in [3.63, 3.8) is 0 Å². The minimum absolute atomic E-state index is 0.0298. The van der Waals surface area contributed by atoms with Crippen molar-refractivity contribution in [2.45, 2.75) is 147 Å². The van der Waals surface area contributed by atoms with E-state index in [1.807, 2.05) is 0 Å². The predicted octanol–water partition coefficient (Wildman–Crippen LogP) is 1.13. The number of thiol groups is 1. The lowest BCUT2D eigenvalue weighted by atomic mass is 9.99. The van der Waals surface area contributed by atoms with Crippen molar-refractivity contribution in [3.8, 4) is 37.0 Å². The SMILES string of the molecule is C#C[C@@]12COP(O)(=S)O[C@@H]3[C@@H](F)[C@@H](COP(=O)(S)O[C@H]1C[C@H](n1cnc4c(N)ccnc41)O2)O[C@H]3n1cnc2c(=O)[nH]c(N)nc21.C#C[C@@]12COP(O)(=S)O[C@@H]3[C@@H](F)[C@@H](COP(O)(=S)O[C@H]1C[C@H](n1cnc4c(N)ccnc41)O2)O[C@H]3n1nnc2c(=O)[nH]c(N)nc21.C#C[C@@]12COP(O)(=S)O[C@@H]3[C@@H](F)[C@@H](COP(O)(=S)O[C@H]1C[C@H](n1cnc4c(N)ccnc41)O2)O[C@H]3n1nnc2c(=O)[nH]c(N)nc21. The van der Waals surface area contributed by atoms with Gasteiger partial charge in [-0.1, -0.05) is 40.4 Å². The fourth-order valence-electron chi connectivity index (χ4n) is 16.3. The summed E-state index contributed by atoms with van der Waals surface area (Å²) in [4.78, 5) is 141. The molecule has 0 radical (unpaired) electrons. The summed E-state index contributed by atoms with van der Waals surface area (Å²) in [6, 6.07) is 4.74. The van der Waals surface area contributed by atoms with Crippen LogP contribution in [0.3, 0.4) is 0 Å². The predicted molar refractivity (Wildman–Crippen MR) is 488 cm³/mol. The normalized spacial score (nSPS) is 36.9. The van der Waals surface area contributed by atoms with Crippen molar-refractivity contribution in [2.24, 2.45) is 0 Å². The highest BCUT2D eigenvalue weighted by atomic mass is 32.7. The molecule has 56 nitrogen and oxygen atoms in total. The third-order valence-corrected chi connectivity index (χ3v) is 32.2. The summed E-state index contributed by atoms with van der Waals surface area (Å²) in [5, 5.41) is 15.2. The van der Waals surface area contributed by atoms with E-state index in [0.717, 1.165) is 15.7 Å². The second kappa shape index (κ2) is 36.7. The van der Waals surface area contributed by atoms with Crippen LogP contribution in [-0.2, 0) is 146 Å². The molecule has 21 rings (SSSR count). The molecule has 71 heteroatoms. The maximum atomic E-state index is 15.9. The van der Waals surface area contributed by atoms with Crippen LogP contribution < -0.4 is 51.1 Å². The van der Waals surface area contributed by atoms with Crippen LogP contribution in [0.1, 0.15) is 56.6 Å². The van der Waals surface area contributed by atoms with E-state index in [1.54, 1.807) is 31.9 Å². The van der Waals surface area contributed by atoms with Gasteiger partial charge in [0.2, 0.25) is 17.8 Å². The number of imidazole rings is 4. The van der Waals surface area contributed by atoms with Gasteiger partial charge in [0.05, 0.1) is 82.0 Å². The summed E-state index contributed by atoms with van der Waals surface area (Å²) in [6.07, 6.45) is 1.06. The average molecular weight is 2150 g/mol. The molecule has 6 bridgehead atoms. The van der Waals surface area contributed by atoms with Gasteiger partial charge in [-0.05, 0) is 77.2 Å². The number of alkyl halides is 3. The molecule has 21 heterocycles. The molecule has 20 N–H and O–H groups in total. The highest BCUT2D eigenvalue weighted by molar-refractivity contribution is 8.44. The maximum Gasteiger partial charge on any atom is 0.386 e. The molecule has 9 aliphatic rings. The summed E-state index contributed by atoms with van der Waals surface area (Å²) >= 11 is 30.4. The molecule has 9 aliphatic heterocycles. The number of nitrogens with one attached hydrogen (secondary N) is 3. The van der Waals surface area contributed by atoms with Gasteiger partial charge in [-0.2, -0.15) is 24.3 Å². The van der Waals surface area contributed by atoms with Crippen LogP contribution in [-0.4, -0.2) is 267 Å². The van der Waals surface area contributed by atoms with Gasteiger partial charge in [-0.3, -0.25) is 70.2 Å². The van der Waals surface area contributed by atoms with Crippen LogP contribution in [0.5, 0.6) is 0 Å². The van der Waals surface area contributed by atoms with E-state index in [9.17, 15) is 43.4 Å². The van der Waals surface area contributed by atoms with E-state index in [1.165, 1.54) is 42.1 Å². The monoisotopic (exact) mass is 2150 g/mol. The van der Waals surface area contributed by atoms with E-state index in [4.69, 9.17) is 195 Å². The Hall–Kier alpha value is -9.05. The number of halogens is 3. The van der Waals surface area contributed by atoms with Crippen LogP contribution in [0.4, 0.5) is 48.1 Å². The molecule has 6 unspecified atom stereocenters. The third kappa shape index (κ3) is 18.5. The first-order valence-electron chi connectivity index (χ1n) is 39.8. The zero-order chi connectivity index (χ0) is 97.8. The molecule has 0 aromatic carbocycles. The number of anilines is 6. The first-order valence-corrected chi connectivity index (χ1v) is 55.5. The molecule has 0 saturated carbocycles. The Bertz CT molecular complexity index is 6860. The fourth-order valence-corrected chi connectivity index (χ4v) is 24.9. The number of aromatic amines is 3. The summed E-state index contributed by atoms with van der Waals surface area (Å²) in [5.41, 5.74) is 29.9. The number of hydrogen-bond donors (Lipinski definition) is 15. The number of nitrogen functional groups attached to an aromatic ring is 6. The van der Waals surface area contributed by atoms with E-state index in [0.29, 0.717) is 50.6 Å². The van der Waals surface area contributed by atoms with Crippen LogP contribution in [0, 0.1) is 37.0 Å². The first kappa shape index (κ1) is 97.8. The number of ether oxygens (including phenoxy) is 6. The lowest BCUT2D eigenvalue weighted by Gasteiger charge is -2.32. The zero-order valence-electron chi connectivity index (χ0n) is 69.2. The lowest BCUT2D eigenvalue weighted by molar-refractivity contribution is -0.0903. The van der Waals surface area contributed by atoms with Crippen LogP contribution >= 0.6 is 52.6 Å². The van der Waals surface area contributed by atoms with Gasteiger partial charge in [0.15, 0.2) is 104 Å². The van der Waals surface area contributed by atoms with Crippen molar-refractivity contribution >= 4 is 214 Å². The van der Waals surface area contributed by atoms with Crippen LogP contribution in [0.25, 0.3) is 67.0 Å². The number of pyridine rings is 3. The number of rotatable bonds is 6. The van der Waals surface area contributed by atoms with E-state index in [-0.39, 0.29) is 70.6 Å². The van der Waals surface area contributed by atoms with Gasteiger partial charge >= 0.3 is 40.4 Å². The summed E-state index contributed by atoms with van der Waals surface area (Å²) in [7, 11) is 0. The molecule has 12 aromatic heterocycles. The number of H-pyrrole nitrogens is 3. The van der Waals surface area contributed by atoms with Gasteiger partial charge in [-0.15, -0.1) is 29.5 Å². The standard InChI is InChI=1S/C23H24FN9O9P2S2.2C22H23FN10O9P2S2/c1-2-23-7-38-44(36,46)42-17-14(24)11(39-21(17)33-9-29-16-19(33)30-22(26)31-20(16)34)6-37-43(35,45)41-12(23)5-13(40-23)32-8-28-15-10(25)3-4-27-18(15)32;2*1-2-22-7-38-44(36,46)42-16-13(23)10(39-20(16)33-18-15(30-31-33)19(34)29-21(25)28-18)6-37-43(35,45)41-11(22)5-12(40-22)32-8-27-14-9(24)3-4-26-17(14)32/h1,3-4,8-9,11-14,17,21H,5-7H2,(H2,25,27)(H,35,45)(H,36,46)(H3,26,30,31,34);2*1,3-4,8,10-13,16,20H,5-7H2,(H2,24,26)(H,35,45)(H,36,46)(H3,25,28,29,34)/t11-,12+,13-,14+,17-,21-,23-,43?,44?;2*10-,11+,12-,13+,16-,20-,22-,43?,44?/m111/s1. The zero-order valence-corrected chi connectivity index (χ0v) is 79.5. The molecule has 0 aliphatic carbocycles. The molecule has 138 heavy (non-hydrogen) atoms. The molecule has 0 spiro atoms. The number of aromatic nitrogens is 23. The van der Waals surface area contributed by atoms with E-state index < -0.39 is 224 Å². The average Bonchev–Trinajstić information content (AvgIpc) is 1.60. The molecule has 9 fully saturated rings. The molecule has 12 aromatic rings. The van der Waals surface area contributed by atoms with Crippen molar-refractivity contribution in [3.05, 3.63) is 93.2 Å². The summed E-state index contributed by atoms with van der Waals surface area (Å²) in [6.45, 7) is -29.8. The topological polar surface area (TPSA) is 749 Å². The Kier molecular flexibility index (Phi) is 26.0. The summed E-state index contributed by atoms with van der Waals surface area (Å²) in [5.74, 6) is 6.58. The third-order valence-electron chi connectivity index (χ3n) is 22.8. The number of hydrogen-bond acceptors (Lipinski definition) is 47. The van der Waals surface area contributed by atoms with Crippen molar-refractivity contribution in [1.29, 1.82) is 0 Å². The first-order chi connectivity index (χ1) is 65.4. The van der Waals surface area contributed by atoms with Gasteiger partial charge < -0.3 is 119 Å². The maximum absolute atomic E-state index is 15.9. The van der Waals surface area contributed by atoms with Gasteiger partial charge in [0.25, 0.3) is 16.7 Å². The highest BCUT2D eigenvalue weighted by Crippen LogP contribution is 2.63. The lowest BCUT2D eigenvalue weighted by Crippen LogP contribution is -2.43. The number of nitrogens with zero attached hydrogens (tertiary/aromatic N) is 20. The largest absolute Gasteiger partial charge is 0.397 e. The van der Waals surface area contributed by atoms with Crippen molar-refractivity contribution < 1.29 is 125 Å². The second-order valence-corrected chi connectivity index (χ2v) is 48.2. The van der Waals surface area contributed by atoms with Gasteiger partial charge in [0, 0.05) is 37.9 Å². The number of fused-ring (bicyclic) bond motifs is 15. The van der Waals surface area contributed by atoms with E-state index >= 15 is 13.2 Å². The van der Waals surface area contributed by atoms with E-state index in [2.05, 4.69) is 115 Å². The molecule has 732 valence electrons. The Morgan fingerprint density at radius 3 is 1.10 bits per heavy atom. The van der Waals surface area contributed by atoms with Crippen LogP contribution in [0.15, 0.2) is 76.5 Å². The quantitative estimate of drug-likeness (QED) is 0.0630. The smallest absolute Gasteiger partial charge is 0.386 e. The Balaban J connectivity index is 0.000000132. The fraction of sp³-hybridized carbons (Fsp3) is 0.448.